The number of likely N-dealkylation sites (N-methyl/N-ethyl adjacent to an activating group) is 1. The van der Waals surface area contributed by atoms with Crippen molar-refractivity contribution in [2.24, 2.45) is 17.3 Å². The van der Waals surface area contributed by atoms with Gasteiger partial charge >= 0.3 is 5.97 Å². The molecule has 364 valence electrons. The number of hydrazine groups is 1. The number of fused-ring (bicyclic) bond motifs is 6. The molecule has 14 heteroatoms. The Bertz CT molecular complexity index is 2540. The molecule has 2 aliphatic rings. The van der Waals surface area contributed by atoms with Gasteiger partial charge in [0.2, 0.25) is 17.7 Å². The fourth-order valence-corrected chi connectivity index (χ4v) is 9.71. The molecule has 0 radical (unpaired) electrons. The van der Waals surface area contributed by atoms with E-state index < -0.39 is 47.2 Å². The Morgan fingerprint density at radius 1 is 1.09 bits per heavy atom. The summed E-state index contributed by atoms with van der Waals surface area (Å²) in [6.45, 7) is 20.7. The largest absolute Gasteiger partial charge is 0.464 e. The summed E-state index contributed by atoms with van der Waals surface area (Å²) in [5.41, 5.74) is 11.2. The number of pyridine rings is 1. The summed E-state index contributed by atoms with van der Waals surface area (Å²) >= 11 is 0. The zero-order valence-electron chi connectivity index (χ0n) is 41.6. The summed E-state index contributed by atoms with van der Waals surface area (Å²) < 4.78 is 14.3. The van der Waals surface area contributed by atoms with E-state index in [0.29, 0.717) is 38.8 Å². The molecule has 14 nitrogen and oxygen atoms in total. The van der Waals surface area contributed by atoms with Gasteiger partial charge in [0.15, 0.2) is 0 Å². The van der Waals surface area contributed by atoms with Crippen LogP contribution in [0.2, 0.25) is 0 Å². The molecule has 6 bridgehead atoms. The van der Waals surface area contributed by atoms with Crippen LogP contribution in [0.3, 0.4) is 0 Å². The molecular weight excluding hydrogens is 859 g/mol. The van der Waals surface area contributed by atoms with Gasteiger partial charge in [0.25, 0.3) is 5.91 Å². The summed E-state index contributed by atoms with van der Waals surface area (Å²) in [5.74, 6) is -2.89. The van der Waals surface area contributed by atoms with Crippen molar-refractivity contribution >= 4 is 40.5 Å². The first-order chi connectivity index (χ1) is 32.4. The van der Waals surface area contributed by atoms with Crippen LogP contribution in [0.4, 0.5) is 0 Å². The molecule has 4 heterocycles. The highest BCUT2D eigenvalue weighted by atomic mass is 16.5. The van der Waals surface area contributed by atoms with Crippen LogP contribution in [0.15, 0.2) is 85.1 Å². The summed E-state index contributed by atoms with van der Waals surface area (Å²) in [6, 6.07) is 15.8. The zero-order chi connectivity index (χ0) is 49.4. The topological polar surface area (TPSA) is 164 Å². The van der Waals surface area contributed by atoms with Crippen molar-refractivity contribution < 1.29 is 33.4 Å². The van der Waals surface area contributed by atoms with Gasteiger partial charge in [-0.3, -0.25) is 34.0 Å². The van der Waals surface area contributed by atoms with Crippen molar-refractivity contribution in [3.05, 3.63) is 102 Å². The van der Waals surface area contributed by atoms with Gasteiger partial charge in [-0.15, -0.1) is 0 Å². The van der Waals surface area contributed by atoms with E-state index in [0.717, 1.165) is 55.7 Å². The fourth-order valence-electron chi connectivity index (χ4n) is 9.71. The number of nitrogens with zero attached hydrogens (tertiary/aromatic N) is 4. The van der Waals surface area contributed by atoms with E-state index in [1.165, 1.54) is 16.0 Å². The number of hydrogen-bond donors (Lipinski definition) is 3. The van der Waals surface area contributed by atoms with Crippen molar-refractivity contribution in [2.45, 2.75) is 118 Å². The highest BCUT2D eigenvalue weighted by Gasteiger charge is 2.39. The number of hydrogen-bond acceptors (Lipinski definition) is 9. The van der Waals surface area contributed by atoms with E-state index in [1.54, 1.807) is 20.4 Å². The predicted octanol–water partition coefficient (Wildman–Crippen LogP) is 7.50. The lowest BCUT2D eigenvalue weighted by atomic mass is 9.84. The highest BCUT2D eigenvalue weighted by molar-refractivity contribution is 5.96. The molecule has 6 rings (SSSR count). The monoisotopic (exact) mass is 930 g/mol. The Kier molecular flexibility index (Phi) is 16.8. The second-order valence-corrected chi connectivity index (χ2v) is 19.4. The third-order valence-corrected chi connectivity index (χ3v) is 13.5. The highest BCUT2D eigenvalue weighted by Crippen LogP contribution is 2.42. The minimum Gasteiger partial charge on any atom is -0.464 e. The average Bonchev–Trinajstić information content (AvgIpc) is 3.64. The van der Waals surface area contributed by atoms with Crippen LogP contribution < -0.4 is 16.1 Å². The normalized spacial score (nSPS) is 19.1. The van der Waals surface area contributed by atoms with Crippen molar-refractivity contribution in [1.29, 1.82) is 0 Å². The van der Waals surface area contributed by atoms with Crippen molar-refractivity contribution in [1.82, 2.24) is 35.5 Å². The molecule has 2 aromatic heterocycles. The van der Waals surface area contributed by atoms with Gasteiger partial charge in [-0.2, -0.15) is 0 Å². The number of carbonyl (C=O) groups excluding carboxylic acids is 5. The van der Waals surface area contributed by atoms with E-state index in [4.69, 9.17) is 14.5 Å². The third-order valence-electron chi connectivity index (χ3n) is 13.5. The van der Waals surface area contributed by atoms with Gasteiger partial charge in [0.1, 0.15) is 18.1 Å². The lowest BCUT2D eigenvalue weighted by Gasteiger charge is -2.37. The first-order valence-corrected chi connectivity index (χ1v) is 24.0. The summed E-state index contributed by atoms with van der Waals surface area (Å²) in [7, 11) is 3.30. The number of esters is 1. The van der Waals surface area contributed by atoms with E-state index in [2.05, 4.69) is 84.4 Å². The summed E-state index contributed by atoms with van der Waals surface area (Å²) in [5, 5.41) is 8.34. The van der Waals surface area contributed by atoms with Crippen molar-refractivity contribution in [3.8, 4) is 22.4 Å². The first-order valence-electron chi connectivity index (χ1n) is 24.0. The summed E-state index contributed by atoms with van der Waals surface area (Å²) in [6.07, 6.45) is 6.63. The number of cyclic esters (lactones) is 1. The molecule has 3 N–H and O–H groups in total. The van der Waals surface area contributed by atoms with Crippen molar-refractivity contribution in [2.75, 3.05) is 33.9 Å². The molecule has 1 fully saturated rings. The molecule has 68 heavy (non-hydrogen) atoms. The van der Waals surface area contributed by atoms with Gasteiger partial charge in [-0.05, 0) is 112 Å². The quantitative estimate of drug-likeness (QED) is 0.0660. The van der Waals surface area contributed by atoms with E-state index in [-0.39, 0.29) is 43.4 Å². The minimum absolute atomic E-state index is 0.131. The Labute approximate surface area is 401 Å². The van der Waals surface area contributed by atoms with E-state index >= 15 is 0 Å². The molecule has 2 aliphatic heterocycles. The second kappa shape index (κ2) is 22.3. The van der Waals surface area contributed by atoms with Crippen LogP contribution in [0, 0.1) is 17.3 Å². The Hall–Kier alpha value is -6.12. The number of nitrogens with one attached hydrogen (secondary N) is 3. The molecule has 2 aromatic carbocycles. The van der Waals surface area contributed by atoms with Crippen LogP contribution in [-0.4, -0.2) is 101 Å². The van der Waals surface area contributed by atoms with Crippen LogP contribution in [0.1, 0.15) is 97.6 Å². The summed E-state index contributed by atoms with van der Waals surface area (Å²) in [4.78, 5) is 75.9. The van der Waals surface area contributed by atoms with Crippen LogP contribution in [0.5, 0.6) is 0 Å². The van der Waals surface area contributed by atoms with Gasteiger partial charge in [-0.1, -0.05) is 76.3 Å². The SMILES string of the molecule is C=CC(=O)NCC[C@H](C(=O)N(C)C(C(=O)N[C@H]1Cc2cccc(c2)-c2ccc3c(c2)c(c(-c2cccnc2[C@H](C)OC)n3CC)CC(C)(C)COC(=O)[C@@H]2CCCN(N2)C1=O)C(C)C)/C(C)=C/C. The minimum atomic E-state index is -1.07. The van der Waals surface area contributed by atoms with Gasteiger partial charge < -0.3 is 29.6 Å². The number of benzene rings is 2. The maximum Gasteiger partial charge on any atom is 0.324 e. The molecule has 4 aromatic rings. The Morgan fingerprint density at radius 2 is 1.84 bits per heavy atom. The molecule has 0 aliphatic carbocycles. The number of methoxy groups -OCH3 is 1. The average molecular weight is 930 g/mol. The van der Waals surface area contributed by atoms with Crippen molar-refractivity contribution in [3.63, 3.8) is 0 Å². The molecule has 1 unspecified atom stereocenters. The maximum atomic E-state index is 14.8. The predicted molar refractivity (Wildman–Crippen MR) is 266 cm³/mol. The van der Waals surface area contributed by atoms with Crippen LogP contribution in [0.25, 0.3) is 33.3 Å². The molecule has 0 spiro atoms. The van der Waals surface area contributed by atoms with Gasteiger partial charge in [0, 0.05) is 68.3 Å². The number of aryl methyl sites for hydroxylation is 1. The molecular formula is C54H71N7O7. The number of rotatable bonds is 14. The van der Waals surface area contributed by atoms with Crippen LogP contribution >= 0.6 is 0 Å². The van der Waals surface area contributed by atoms with Crippen LogP contribution in [-0.2, 0) is 52.8 Å². The van der Waals surface area contributed by atoms with E-state index in [1.807, 2.05) is 58.9 Å². The zero-order valence-corrected chi connectivity index (χ0v) is 41.6. The number of amides is 4. The Morgan fingerprint density at radius 3 is 2.53 bits per heavy atom. The molecule has 1 saturated heterocycles. The molecule has 0 saturated carbocycles. The van der Waals surface area contributed by atoms with Gasteiger partial charge in [-0.25, -0.2) is 5.43 Å². The van der Waals surface area contributed by atoms with Gasteiger partial charge in [0.05, 0.1) is 30.0 Å². The number of allylic oxidation sites excluding steroid dienone is 1. The molecule has 5 atom stereocenters. The lowest BCUT2D eigenvalue weighted by Crippen LogP contribution is -2.62. The number of aromatic nitrogens is 2. The third kappa shape index (κ3) is 11.4. The standard InChI is InChI=1S/C54H71N7O7/c1-12-34(6)39(24-26-55-46(62)13-2)51(64)59(10)48(33(4)5)50(63)57-44-29-36-18-15-19-37(28-36)38-22-23-45-41(30-38)42(49(60(45)14-3)40-20-16-25-56-47(40)35(7)67-11)31-54(8,9)32-68-53(66)43-21-17-27-61(58-43)52(44)65/h12-13,15-16,18-20,22-23,25,28,30,33,35,39,43-44,48,58H,2,14,17,21,24,26-27,29,31-32H2,1,3-11H3,(H,55,62)(H,57,63)/b34-12+/t35-,39-,43-,44-,48?/m0/s1. The molecule has 4 amide bonds. The second-order valence-electron chi connectivity index (χ2n) is 19.4. The fraction of sp³-hybridized carbons (Fsp3) is 0.481. The first kappa shape index (κ1) is 51.3. The number of ether oxygens (including phenoxy) is 2. The van der Waals surface area contributed by atoms with E-state index in [9.17, 15) is 24.0 Å². The maximum absolute atomic E-state index is 14.8. The lowest BCUT2D eigenvalue weighted by molar-refractivity contribution is -0.155. The number of carbonyl (C=O) groups is 5. The smallest absolute Gasteiger partial charge is 0.324 e. The Balaban J connectivity index is 1.43.